The van der Waals surface area contributed by atoms with E-state index in [2.05, 4.69) is 35.7 Å². The van der Waals surface area contributed by atoms with Crippen LogP contribution in [0.1, 0.15) is 31.4 Å². The molecule has 140 valence electrons. The first-order chi connectivity index (χ1) is 12.6. The van der Waals surface area contributed by atoms with Gasteiger partial charge in [0.1, 0.15) is 5.82 Å². The summed E-state index contributed by atoms with van der Waals surface area (Å²) in [6.07, 6.45) is 4.73. The van der Waals surface area contributed by atoms with Crippen LogP contribution in [0.25, 0.3) is 0 Å². The Labute approximate surface area is 152 Å². The number of aromatic nitrogens is 4. The van der Waals surface area contributed by atoms with E-state index in [1.165, 1.54) is 12.8 Å². The van der Waals surface area contributed by atoms with Crippen molar-refractivity contribution in [1.82, 2.24) is 25.5 Å². The molecule has 0 aliphatic carbocycles. The number of hydrogen-bond acceptors (Lipinski definition) is 8. The topological polar surface area (TPSA) is 111 Å². The van der Waals surface area contributed by atoms with Crippen LogP contribution in [0.5, 0.6) is 5.88 Å². The number of nitrogens with one attached hydrogen (secondary N) is 3. The number of methoxy groups -OCH3 is 1. The lowest BCUT2D eigenvalue weighted by Crippen LogP contribution is -2.47. The van der Waals surface area contributed by atoms with Crippen LogP contribution in [-0.4, -0.2) is 57.6 Å². The van der Waals surface area contributed by atoms with E-state index in [9.17, 15) is 0 Å². The van der Waals surface area contributed by atoms with Gasteiger partial charge in [0, 0.05) is 37.3 Å². The first-order valence-electron chi connectivity index (χ1n) is 8.98. The smallest absolute Gasteiger partial charge is 0.230 e. The molecule has 2 unspecified atom stereocenters. The van der Waals surface area contributed by atoms with Crippen molar-refractivity contribution in [2.75, 3.05) is 24.4 Å². The minimum atomic E-state index is -0.0895. The largest absolute Gasteiger partial charge is 0.481 e. The average molecular weight is 359 g/mol. The molecule has 9 heteroatoms. The molecule has 0 spiro atoms. The van der Waals surface area contributed by atoms with Crippen molar-refractivity contribution in [3.8, 4) is 5.88 Å². The van der Waals surface area contributed by atoms with E-state index >= 15 is 0 Å². The van der Waals surface area contributed by atoms with Crippen LogP contribution in [0, 0.1) is 0 Å². The van der Waals surface area contributed by atoms with Crippen molar-refractivity contribution in [3.05, 3.63) is 17.8 Å². The van der Waals surface area contributed by atoms with E-state index in [0.29, 0.717) is 47.3 Å². The molecule has 2 aliphatic heterocycles. The lowest BCUT2D eigenvalue weighted by Gasteiger charge is -2.35. The van der Waals surface area contributed by atoms with Crippen molar-refractivity contribution < 1.29 is 9.84 Å². The number of nitrogens with zero attached hydrogens (tertiary/aromatic N) is 4. The molecule has 2 aromatic heterocycles. The van der Waals surface area contributed by atoms with Gasteiger partial charge in [0.25, 0.3) is 0 Å². The van der Waals surface area contributed by atoms with Gasteiger partial charge in [-0.25, -0.2) is 0 Å². The Kier molecular flexibility index (Phi) is 4.64. The summed E-state index contributed by atoms with van der Waals surface area (Å²) in [5, 5.41) is 22.8. The number of H-pyrrole nitrogens is 1. The molecular weight excluding hydrogens is 334 g/mol. The Bertz CT molecular complexity index is 753. The molecule has 0 aromatic carbocycles. The normalized spacial score (nSPS) is 24.5. The highest BCUT2D eigenvalue weighted by Gasteiger charge is 2.35. The van der Waals surface area contributed by atoms with Gasteiger partial charge < -0.3 is 25.4 Å². The number of aliphatic hydroxyl groups excluding tert-OH is 1. The molecule has 4 N–H and O–H groups in total. The van der Waals surface area contributed by atoms with Crippen LogP contribution in [0.4, 0.5) is 17.6 Å². The predicted molar refractivity (Wildman–Crippen MR) is 97.7 cm³/mol. The minimum absolute atomic E-state index is 0.0895. The van der Waals surface area contributed by atoms with E-state index < -0.39 is 0 Å². The zero-order valence-corrected chi connectivity index (χ0v) is 15.1. The van der Waals surface area contributed by atoms with Crippen LogP contribution in [-0.2, 0) is 6.61 Å². The SMILES string of the molecule is COc1cc(Nc2cc(CO)[nH]n2)nc(N(C)C2CC3CCC(C2)N3)n1. The third-order valence-electron chi connectivity index (χ3n) is 5.27. The quantitative estimate of drug-likeness (QED) is 0.608. The summed E-state index contributed by atoms with van der Waals surface area (Å²) in [6.45, 7) is -0.0895. The molecule has 2 aliphatic rings. The van der Waals surface area contributed by atoms with Crippen LogP contribution in [0.3, 0.4) is 0 Å². The van der Waals surface area contributed by atoms with Crippen molar-refractivity contribution in [3.63, 3.8) is 0 Å². The van der Waals surface area contributed by atoms with Gasteiger partial charge in [-0.15, -0.1) is 0 Å². The summed E-state index contributed by atoms with van der Waals surface area (Å²) in [4.78, 5) is 11.3. The zero-order valence-electron chi connectivity index (χ0n) is 15.1. The van der Waals surface area contributed by atoms with Crippen LogP contribution >= 0.6 is 0 Å². The summed E-state index contributed by atoms with van der Waals surface area (Å²) >= 11 is 0. The number of aliphatic hydroxyl groups is 1. The molecule has 2 atom stereocenters. The molecule has 4 heterocycles. The lowest BCUT2D eigenvalue weighted by atomic mass is 9.99. The number of piperidine rings is 1. The zero-order chi connectivity index (χ0) is 18.1. The second-order valence-electron chi connectivity index (χ2n) is 7.03. The molecular formula is C17H25N7O2. The summed E-state index contributed by atoms with van der Waals surface area (Å²) in [6, 6.07) is 5.09. The number of rotatable bonds is 6. The molecule has 2 aromatic rings. The number of fused-ring (bicyclic) bond motifs is 2. The maximum absolute atomic E-state index is 9.15. The molecule has 0 saturated carbocycles. The lowest BCUT2D eigenvalue weighted by molar-refractivity contribution is 0.276. The highest BCUT2D eigenvalue weighted by molar-refractivity contribution is 5.55. The Morgan fingerprint density at radius 2 is 2.00 bits per heavy atom. The fourth-order valence-electron chi connectivity index (χ4n) is 3.88. The van der Waals surface area contributed by atoms with E-state index in [1.54, 1.807) is 19.2 Å². The van der Waals surface area contributed by atoms with Crippen molar-refractivity contribution in [2.45, 2.75) is 50.4 Å². The van der Waals surface area contributed by atoms with Gasteiger partial charge in [-0.1, -0.05) is 0 Å². The molecule has 0 amide bonds. The molecule has 9 nitrogen and oxygen atoms in total. The third kappa shape index (κ3) is 3.45. The minimum Gasteiger partial charge on any atom is -0.481 e. The summed E-state index contributed by atoms with van der Waals surface area (Å²) in [7, 11) is 3.64. The highest BCUT2D eigenvalue weighted by atomic mass is 16.5. The maximum atomic E-state index is 9.15. The predicted octanol–water partition coefficient (Wildman–Crippen LogP) is 1.16. The standard InChI is InChI=1S/C17H25N7O2/c1-24(13-5-10-3-4-11(6-13)18-10)17-20-14(8-16(21-17)26-2)19-15-7-12(9-25)22-23-15/h7-8,10-11,13,18,25H,3-6,9H2,1-2H3,(H2,19,20,21,22,23). The first kappa shape index (κ1) is 17.0. The third-order valence-corrected chi connectivity index (χ3v) is 5.27. The van der Waals surface area contributed by atoms with Gasteiger partial charge in [-0.3, -0.25) is 5.10 Å². The van der Waals surface area contributed by atoms with E-state index in [-0.39, 0.29) is 6.61 Å². The van der Waals surface area contributed by atoms with Gasteiger partial charge in [0.05, 0.1) is 19.4 Å². The molecule has 4 rings (SSSR count). The Balaban J connectivity index is 1.55. The first-order valence-corrected chi connectivity index (χ1v) is 8.98. The molecule has 2 fully saturated rings. The van der Waals surface area contributed by atoms with Crippen LogP contribution in [0.15, 0.2) is 12.1 Å². The Hall–Kier alpha value is -2.39. The van der Waals surface area contributed by atoms with Gasteiger partial charge >= 0.3 is 0 Å². The van der Waals surface area contributed by atoms with Crippen LogP contribution in [0.2, 0.25) is 0 Å². The van der Waals surface area contributed by atoms with Crippen molar-refractivity contribution in [2.24, 2.45) is 0 Å². The fraction of sp³-hybridized carbons (Fsp3) is 0.588. The van der Waals surface area contributed by atoms with Gasteiger partial charge in [-0.2, -0.15) is 15.1 Å². The summed E-state index contributed by atoms with van der Waals surface area (Å²) < 4.78 is 5.35. The number of aromatic amines is 1. The number of ether oxygens (including phenoxy) is 1. The molecule has 0 radical (unpaired) electrons. The molecule has 2 saturated heterocycles. The second-order valence-corrected chi connectivity index (χ2v) is 7.03. The van der Waals surface area contributed by atoms with E-state index in [4.69, 9.17) is 9.84 Å². The average Bonchev–Trinajstić information content (AvgIpc) is 3.26. The molecule has 2 bridgehead atoms. The molecule has 26 heavy (non-hydrogen) atoms. The maximum Gasteiger partial charge on any atom is 0.230 e. The van der Waals surface area contributed by atoms with Crippen molar-refractivity contribution >= 4 is 17.6 Å². The van der Waals surface area contributed by atoms with Gasteiger partial charge in [0.15, 0.2) is 5.82 Å². The monoisotopic (exact) mass is 359 g/mol. The number of hydrogen-bond donors (Lipinski definition) is 4. The highest BCUT2D eigenvalue weighted by Crippen LogP contribution is 2.31. The van der Waals surface area contributed by atoms with E-state index in [0.717, 1.165) is 12.8 Å². The van der Waals surface area contributed by atoms with Crippen molar-refractivity contribution in [1.29, 1.82) is 0 Å². The Morgan fingerprint density at radius 1 is 1.23 bits per heavy atom. The van der Waals surface area contributed by atoms with Crippen LogP contribution < -0.4 is 20.3 Å². The Morgan fingerprint density at radius 3 is 2.65 bits per heavy atom. The summed E-state index contributed by atoms with van der Waals surface area (Å²) in [5.41, 5.74) is 0.635. The number of anilines is 3. The van der Waals surface area contributed by atoms with E-state index in [1.807, 2.05) is 7.05 Å². The fourth-order valence-corrected chi connectivity index (χ4v) is 3.88. The second kappa shape index (κ2) is 7.08. The van der Waals surface area contributed by atoms with Gasteiger partial charge in [-0.05, 0) is 25.7 Å². The summed E-state index contributed by atoms with van der Waals surface area (Å²) in [5.74, 6) is 2.32. The van der Waals surface area contributed by atoms with Gasteiger partial charge in [0.2, 0.25) is 11.8 Å².